The number of esters is 2. The highest BCUT2D eigenvalue weighted by atomic mass is 16.8. The summed E-state index contributed by atoms with van der Waals surface area (Å²) >= 11 is 0. The Morgan fingerprint density at radius 1 is 0.565 bits per heavy atom. The minimum absolute atomic E-state index is 0.0414. The molecular formula is C46H54N4O12. The first-order chi connectivity index (χ1) is 29.7. The van der Waals surface area contributed by atoms with Crippen LogP contribution in [0.1, 0.15) is 44.7 Å². The molecule has 4 aromatic carbocycles. The van der Waals surface area contributed by atoms with Gasteiger partial charge in [0, 0.05) is 51.2 Å². The van der Waals surface area contributed by atoms with Crippen molar-refractivity contribution >= 4 is 23.8 Å². The summed E-state index contributed by atoms with van der Waals surface area (Å²) < 4.78 is 47.4. The van der Waals surface area contributed by atoms with Crippen LogP contribution in [0.2, 0.25) is 0 Å². The Morgan fingerprint density at radius 2 is 0.903 bits per heavy atom. The van der Waals surface area contributed by atoms with E-state index < -0.39 is 23.5 Å². The van der Waals surface area contributed by atoms with Gasteiger partial charge in [0.1, 0.15) is 34.5 Å². The fourth-order valence-electron chi connectivity index (χ4n) is 7.28. The van der Waals surface area contributed by atoms with E-state index in [4.69, 9.17) is 37.9 Å². The number of para-hydroxylation sites is 2. The highest BCUT2D eigenvalue weighted by molar-refractivity contribution is 6.30. The largest absolute Gasteiger partial charge is 0.497 e. The lowest BCUT2D eigenvalue weighted by atomic mass is 10.1. The highest BCUT2D eigenvalue weighted by Crippen LogP contribution is 2.37. The van der Waals surface area contributed by atoms with Gasteiger partial charge in [0.05, 0.1) is 52.7 Å². The van der Waals surface area contributed by atoms with E-state index in [1.165, 1.54) is 38.2 Å². The van der Waals surface area contributed by atoms with E-state index in [0.717, 1.165) is 0 Å². The monoisotopic (exact) mass is 854 g/mol. The second-order valence-electron chi connectivity index (χ2n) is 15.7. The van der Waals surface area contributed by atoms with Crippen molar-refractivity contribution in [2.75, 3.05) is 82.8 Å². The van der Waals surface area contributed by atoms with E-state index >= 15 is 0 Å². The van der Waals surface area contributed by atoms with Crippen LogP contribution in [-0.4, -0.2) is 138 Å². The molecule has 0 N–H and O–H groups in total. The molecule has 62 heavy (non-hydrogen) atoms. The molecular weight excluding hydrogens is 801 g/mol. The number of hydrogen-bond acceptors (Lipinski definition) is 14. The first-order valence-electron chi connectivity index (χ1n) is 20.0. The van der Waals surface area contributed by atoms with Crippen molar-refractivity contribution in [1.29, 1.82) is 0 Å². The standard InChI is InChI=1S/C46H54N4O12/c1-47(2)19-17-45(29-49(41(51)37-13-9-11-15-39(37)59-45)27-31-21-33(55-5)25-34(22-31)56-6)61-43(53)44(54)62-46(18-20-48(3)4)30-50(42(52)38-14-10-12-16-40(38)60-46)28-32-23-35(57-7)26-36(24-32)58-8/h9-16,21-26H,17-20,27-30H2,1-8H3. The van der Waals surface area contributed by atoms with Crippen molar-refractivity contribution in [3.8, 4) is 34.5 Å². The van der Waals surface area contributed by atoms with Crippen molar-refractivity contribution in [2.45, 2.75) is 37.5 Å². The maximum absolute atomic E-state index is 14.4. The molecule has 2 aliphatic rings. The number of ether oxygens (including phenoxy) is 8. The smallest absolute Gasteiger partial charge is 0.420 e. The summed E-state index contributed by atoms with van der Waals surface area (Å²) in [6, 6.07) is 23.8. The summed E-state index contributed by atoms with van der Waals surface area (Å²) in [4.78, 5) is 64.0. The summed E-state index contributed by atoms with van der Waals surface area (Å²) in [7, 11) is 13.5. The van der Waals surface area contributed by atoms with Gasteiger partial charge in [-0.05, 0) is 87.8 Å². The number of benzene rings is 4. The average molecular weight is 855 g/mol. The minimum atomic E-state index is -1.88. The van der Waals surface area contributed by atoms with E-state index in [-0.39, 0.29) is 73.5 Å². The third-order valence-electron chi connectivity index (χ3n) is 10.4. The van der Waals surface area contributed by atoms with Gasteiger partial charge < -0.3 is 57.5 Å². The Labute approximate surface area is 361 Å². The predicted molar refractivity (Wildman–Crippen MR) is 227 cm³/mol. The van der Waals surface area contributed by atoms with Crippen LogP contribution in [0.15, 0.2) is 84.9 Å². The summed E-state index contributed by atoms with van der Waals surface area (Å²) in [5, 5.41) is 0. The van der Waals surface area contributed by atoms with Gasteiger partial charge in [0.2, 0.25) is 0 Å². The second-order valence-corrected chi connectivity index (χ2v) is 15.7. The third kappa shape index (κ3) is 10.7. The molecule has 0 saturated heterocycles. The molecule has 2 unspecified atom stereocenters. The molecule has 2 heterocycles. The van der Waals surface area contributed by atoms with Gasteiger partial charge in [-0.1, -0.05) is 24.3 Å². The first-order valence-corrected chi connectivity index (χ1v) is 20.0. The maximum Gasteiger partial charge on any atom is 0.420 e. The van der Waals surface area contributed by atoms with Crippen LogP contribution in [0, 0.1) is 0 Å². The van der Waals surface area contributed by atoms with Crippen LogP contribution >= 0.6 is 0 Å². The molecule has 2 amide bonds. The molecule has 330 valence electrons. The zero-order valence-corrected chi connectivity index (χ0v) is 36.4. The summed E-state index contributed by atoms with van der Waals surface area (Å²) in [5.41, 5.74) is 1.81. The molecule has 0 aliphatic carbocycles. The SMILES string of the molecule is COc1cc(CN2CC(CCN(C)C)(OC(=O)C(=O)OC3(CCN(C)C)CN(Cc4cc(OC)cc(OC)c4)C(=O)c4ccccc4O3)Oc3ccccc3C2=O)cc(OC)c1. The van der Waals surface area contributed by atoms with Crippen molar-refractivity contribution < 1.29 is 57.1 Å². The molecule has 0 aromatic heterocycles. The van der Waals surface area contributed by atoms with E-state index in [1.54, 1.807) is 84.9 Å². The van der Waals surface area contributed by atoms with Gasteiger partial charge >= 0.3 is 11.9 Å². The predicted octanol–water partition coefficient (Wildman–Crippen LogP) is 4.87. The van der Waals surface area contributed by atoms with Crippen molar-refractivity contribution in [3.63, 3.8) is 0 Å². The van der Waals surface area contributed by atoms with Crippen LogP contribution in [0.5, 0.6) is 34.5 Å². The van der Waals surface area contributed by atoms with E-state index in [1.807, 2.05) is 38.0 Å². The Morgan fingerprint density at radius 3 is 1.23 bits per heavy atom. The van der Waals surface area contributed by atoms with Crippen LogP contribution in [-0.2, 0) is 32.2 Å². The number of hydrogen-bond donors (Lipinski definition) is 0. The van der Waals surface area contributed by atoms with Gasteiger partial charge in [-0.2, -0.15) is 0 Å². The van der Waals surface area contributed by atoms with Crippen LogP contribution in [0.4, 0.5) is 0 Å². The van der Waals surface area contributed by atoms with Crippen LogP contribution in [0.25, 0.3) is 0 Å². The van der Waals surface area contributed by atoms with E-state index in [9.17, 15) is 19.2 Å². The molecule has 0 spiro atoms. The minimum Gasteiger partial charge on any atom is -0.497 e. The first kappa shape index (κ1) is 45.0. The topological polar surface area (TPSA) is 155 Å². The molecule has 4 aromatic rings. The Bertz CT molecular complexity index is 2070. The third-order valence-corrected chi connectivity index (χ3v) is 10.4. The molecule has 16 nitrogen and oxygen atoms in total. The lowest BCUT2D eigenvalue weighted by molar-refractivity contribution is -0.228. The van der Waals surface area contributed by atoms with Gasteiger partial charge in [-0.3, -0.25) is 9.59 Å². The van der Waals surface area contributed by atoms with E-state index in [0.29, 0.717) is 47.2 Å². The molecule has 6 rings (SSSR count). The van der Waals surface area contributed by atoms with Crippen molar-refractivity contribution in [1.82, 2.24) is 19.6 Å². The quantitative estimate of drug-likeness (QED) is 0.111. The molecule has 0 saturated carbocycles. The number of nitrogens with zero attached hydrogens (tertiary/aromatic N) is 4. The zero-order valence-electron chi connectivity index (χ0n) is 36.4. The number of fused-ring (bicyclic) bond motifs is 2. The number of methoxy groups -OCH3 is 4. The fraction of sp³-hybridized carbons (Fsp3) is 0.391. The van der Waals surface area contributed by atoms with E-state index in [2.05, 4.69) is 0 Å². The van der Waals surface area contributed by atoms with Crippen molar-refractivity contribution in [2.24, 2.45) is 0 Å². The lowest BCUT2D eigenvalue weighted by Gasteiger charge is -2.37. The van der Waals surface area contributed by atoms with Gasteiger partial charge in [0.15, 0.2) is 0 Å². The molecule has 0 radical (unpaired) electrons. The number of amides is 2. The Hall–Kier alpha value is -6.52. The molecule has 0 fully saturated rings. The highest BCUT2D eigenvalue weighted by Gasteiger charge is 2.49. The molecule has 2 aliphatic heterocycles. The van der Waals surface area contributed by atoms with Crippen molar-refractivity contribution in [3.05, 3.63) is 107 Å². The number of carbonyl (C=O) groups is 4. The van der Waals surface area contributed by atoms with Gasteiger partial charge in [0.25, 0.3) is 23.4 Å². The number of carbonyl (C=O) groups excluding carboxylic acids is 4. The maximum atomic E-state index is 14.4. The molecule has 0 bridgehead atoms. The summed E-state index contributed by atoms with van der Waals surface area (Å²) in [5.74, 6) is -4.93. The average Bonchev–Trinajstić information content (AvgIpc) is 3.45. The van der Waals surface area contributed by atoms with Gasteiger partial charge in [-0.15, -0.1) is 0 Å². The van der Waals surface area contributed by atoms with Crippen LogP contribution in [0.3, 0.4) is 0 Å². The lowest BCUT2D eigenvalue weighted by Crippen LogP contribution is -2.55. The molecule has 16 heteroatoms. The number of rotatable bonds is 16. The zero-order chi connectivity index (χ0) is 44.6. The summed E-state index contributed by atoms with van der Waals surface area (Å²) in [6.07, 6.45) is 0.0843. The normalized spacial score (nSPS) is 18.4. The Balaban J connectivity index is 1.36. The second kappa shape index (κ2) is 19.5. The van der Waals surface area contributed by atoms with Crippen LogP contribution < -0.4 is 28.4 Å². The summed E-state index contributed by atoms with van der Waals surface area (Å²) in [6.45, 7) is 0.208. The van der Waals surface area contributed by atoms with Gasteiger partial charge in [-0.25, -0.2) is 9.59 Å². The Kier molecular flexibility index (Phi) is 14.1. The molecule has 2 atom stereocenters. The fourth-order valence-corrected chi connectivity index (χ4v) is 7.28.